The lowest BCUT2D eigenvalue weighted by atomic mass is 10.1. The number of aromatic nitrogens is 1. The van der Waals surface area contributed by atoms with E-state index in [1.807, 2.05) is 0 Å². The number of hydrogen-bond donors (Lipinski definition) is 0. The van der Waals surface area contributed by atoms with E-state index in [2.05, 4.69) is 20.9 Å². The summed E-state index contributed by atoms with van der Waals surface area (Å²) in [6.45, 7) is -7.06. The fourth-order valence-corrected chi connectivity index (χ4v) is 1.84. The molecule has 2 heterocycles. The Bertz CT molecular complexity index is 708. The molecule has 1 aromatic heterocycles. The van der Waals surface area contributed by atoms with E-state index in [1.165, 1.54) is 0 Å². The van der Waals surface area contributed by atoms with Crippen molar-refractivity contribution >= 4 is 32.4 Å². The van der Waals surface area contributed by atoms with Gasteiger partial charge in [-0.05, 0) is 41.9 Å². The topological polar surface area (TPSA) is 16.1 Å². The van der Waals surface area contributed by atoms with Crippen LogP contribution in [0.5, 0.6) is 0 Å². The second-order valence-electron chi connectivity index (χ2n) is 2.05. The quantitative estimate of drug-likeness (QED) is 0.781. The second kappa shape index (κ2) is 3.96. The smallest absolute Gasteiger partial charge is 0.186 e. The van der Waals surface area contributed by atoms with Gasteiger partial charge < -0.3 is 4.90 Å². The molecule has 0 spiro atoms. The molecular formula is C9H13BrN2S. The molecule has 2 rings (SSSR count). The first-order chi connectivity index (χ1) is 11.3. The average molecular weight is 274 g/mol. The van der Waals surface area contributed by atoms with E-state index in [0.29, 0.717) is 11.3 Å². The van der Waals surface area contributed by atoms with Crippen LogP contribution in [0.2, 0.25) is 0 Å². The summed E-state index contributed by atoms with van der Waals surface area (Å²) in [5, 5.41) is -0.624. The van der Waals surface area contributed by atoms with Crippen LogP contribution < -0.4 is 4.90 Å². The third-order valence-corrected chi connectivity index (χ3v) is 2.64. The van der Waals surface area contributed by atoms with Gasteiger partial charge >= 0.3 is 0 Å². The van der Waals surface area contributed by atoms with Crippen LogP contribution in [0.15, 0.2) is 9.96 Å². The lowest BCUT2D eigenvalue weighted by molar-refractivity contribution is 0.484. The van der Waals surface area contributed by atoms with Gasteiger partial charge in [-0.15, -0.1) is 0 Å². The maximum absolute atomic E-state index is 8.37. The van der Waals surface area contributed by atoms with Gasteiger partial charge in [-0.25, -0.2) is 4.98 Å². The molecular weight excluding hydrogens is 248 g/mol. The molecule has 0 aromatic carbocycles. The molecule has 1 atom stereocenters. The summed E-state index contributed by atoms with van der Waals surface area (Å²) >= 11 is 3.47. The molecule has 0 aliphatic carbocycles. The van der Waals surface area contributed by atoms with Crippen LogP contribution in [-0.4, -0.2) is 17.5 Å². The summed E-state index contributed by atoms with van der Waals surface area (Å²) in [5.41, 5.74) is 0. The molecule has 0 bridgehead atoms. The summed E-state index contributed by atoms with van der Waals surface area (Å²) in [5.74, 6) is 0. The van der Waals surface area contributed by atoms with Gasteiger partial charge in [0.25, 0.3) is 0 Å². The molecule has 1 aliphatic heterocycles. The van der Waals surface area contributed by atoms with Gasteiger partial charge in [0.15, 0.2) is 5.13 Å². The molecule has 0 radical (unpaired) electrons. The largest absolute Gasteiger partial charge is 0.345 e. The number of nitrogens with zero attached hydrogens (tertiary/aromatic N) is 2. The summed E-state index contributed by atoms with van der Waals surface area (Å²) < 4.78 is 103. The third-order valence-electron chi connectivity index (χ3n) is 1.25. The number of thiazole rings is 1. The minimum atomic E-state index is -3.68. The van der Waals surface area contributed by atoms with Crippen LogP contribution in [0.3, 0.4) is 0 Å². The van der Waals surface area contributed by atoms with Gasteiger partial charge in [-0.2, -0.15) is 0 Å². The first kappa shape index (κ1) is 2.53. The van der Waals surface area contributed by atoms with Crippen LogP contribution in [0.25, 0.3) is 0 Å². The number of hydrogen-bond acceptors (Lipinski definition) is 3. The summed E-state index contributed by atoms with van der Waals surface area (Å²) in [6, 6.07) is -3.57. The van der Waals surface area contributed by atoms with Crippen LogP contribution in [0.4, 0.5) is 5.13 Å². The highest BCUT2D eigenvalue weighted by Gasteiger charge is 2.20. The van der Waals surface area contributed by atoms with Crippen molar-refractivity contribution in [3.05, 3.63) is 9.96 Å². The lowest BCUT2D eigenvalue weighted by Gasteiger charge is -2.32. The Balaban J connectivity index is 2.96. The summed E-state index contributed by atoms with van der Waals surface area (Å²) in [4.78, 5) is 3.62. The predicted molar refractivity (Wildman–Crippen MR) is 60.5 cm³/mol. The number of rotatable bonds is 1. The first-order valence-corrected chi connectivity index (χ1v) is 4.82. The second-order valence-corrected chi connectivity index (χ2v) is 4.35. The minimum absolute atomic E-state index is 0.00178. The lowest BCUT2D eigenvalue weighted by Crippen LogP contribution is -2.37. The minimum Gasteiger partial charge on any atom is -0.345 e. The molecule has 72 valence electrons. The van der Waals surface area contributed by atoms with E-state index in [1.54, 1.807) is 0 Å². The molecule has 13 heavy (non-hydrogen) atoms. The highest BCUT2D eigenvalue weighted by molar-refractivity contribution is 9.11. The Hall–Kier alpha value is -0.0900. The van der Waals surface area contributed by atoms with Crippen LogP contribution in [-0.2, 0) is 0 Å². The Morgan fingerprint density at radius 2 is 2.92 bits per heavy atom. The zero-order valence-electron chi connectivity index (χ0n) is 19.2. The highest BCUT2D eigenvalue weighted by Crippen LogP contribution is 2.30. The number of halogens is 1. The van der Waals surface area contributed by atoms with Crippen LogP contribution >= 0.6 is 27.3 Å². The molecule has 0 amide bonds. The van der Waals surface area contributed by atoms with Crippen LogP contribution in [0.1, 0.15) is 43.8 Å². The van der Waals surface area contributed by atoms with Crippen molar-refractivity contribution in [1.29, 1.82) is 0 Å². The fraction of sp³-hybridized carbons (Fsp3) is 0.667. The van der Waals surface area contributed by atoms with Crippen molar-refractivity contribution in [1.82, 2.24) is 4.98 Å². The van der Waals surface area contributed by atoms with E-state index >= 15 is 0 Å². The van der Waals surface area contributed by atoms with Crippen molar-refractivity contribution in [2.45, 2.75) is 32.0 Å². The molecule has 4 heteroatoms. The highest BCUT2D eigenvalue weighted by atomic mass is 79.9. The molecule has 1 fully saturated rings. The van der Waals surface area contributed by atoms with E-state index < -0.39 is 49.8 Å². The van der Waals surface area contributed by atoms with Crippen molar-refractivity contribution in [3.63, 3.8) is 0 Å². The SMILES string of the molecule is [2H]c1nc(N2C([2H])([2H])C([2H])([2H])C([2H])([2H])C([2H])([2H])C2([2H])C([2H])([2H])[2H])sc1Br. The predicted octanol–water partition coefficient (Wildman–Crippen LogP) is 3.28. The van der Waals surface area contributed by atoms with E-state index in [9.17, 15) is 0 Å². The van der Waals surface area contributed by atoms with Crippen molar-refractivity contribution in [3.8, 4) is 0 Å². The van der Waals surface area contributed by atoms with Gasteiger partial charge in [0.2, 0.25) is 0 Å². The van der Waals surface area contributed by atoms with Crippen LogP contribution in [0, 0.1) is 0 Å². The van der Waals surface area contributed by atoms with Gasteiger partial charge in [0, 0.05) is 27.6 Å². The monoisotopic (exact) mass is 273 g/mol. The molecule has 0 saturated carbocycles. The average Bonchev–Trinajstić information content (AvgIpc) is 2.74. The normalized spacial score (nSPS) is 60.4. The van der Waals surface area contributed by atoms with Crippen molar-refractivity contribution in [2.24, 2.45) is 0 Å². The van der Waals surface area contributed by atoms with Gasteiger partial charge in [0.1, 0.15) is 0 Å². The van der Waals surface area contributed by atoms with Gasteiger partial charge in [-0.1, -0.05) is 11.3 Å². The third kappa shape index (κ3) is 2.05. The summed E-state index contributed by atoms with van der Waals surface area (Å²) in [7, 11) is 0. The number of piperidine rings is 1. The Morgan fingerprint density at radius 3 is 3.62 bits per heavy atom. The zero-order valence-corrected chi connectivity index (χ0v) is 8.58. The summed E-state index contributed by atoms with van der Waals surface area (Å²) in [6.07, 6.45) is -11.3. The first-order valence-electron chi connectivity index (χ1n) is 9.72. The van der Waals surface area contributed by atoms with E-state index in [-0.39, 0.29) is 8.69 Å². The Labute approximate surface area is 109 Å². The Kier molecular flexibility index (Phi) is 0.771. The van der Waals surface area contributed by atoms with Crippen molar-refractivity contribution in [2.75, 3.05) is 11.4 Å². The zero-order chi connectivity index (χ0) is 20.7. The molecule has 1 aromatic rings. The molecule has 1 unspecified atom stereocenters. The number of anilines is 1. The maximum atomic E-state index is 8.37. The maximum Gasteiger partial charge on any atom is 0.186 e. The van der Waals surface area contributed by atoms with E-state index in [4.69, 9.17) is 17.8 Å². The fourth-order valence-electron chi connectivity index (χ4n) is 0.743. The Morgan fingerprint density at radius 1 is 2.00 bits per heavy atom. The molecule has 0 N–H and O–H groups in total. The van der Waals surface area contributed by atoms with Gasteiger partial charge in [0.05, 0.1) is 12.7 Å². The molecule has 1 saturated heterocycles. The van der Waals surface area contributed by atoms with Crippen molar-refractivity contribution < 1.29 is 17.8 Å². The standard InChI is InChI=1S/C9H13BrN2S/c1-7-4-2-3-5-12(7)9-11-6-8(10)13-9/h6-7H,2-5H2,1H3/i1D3,2D2,3D2,4D2,5D2,6D,7D. The van der Waals surface area contributed by atoms with E-state index in [0.717, 1.165) is 0 Å². The van der Waals surface area contributed by atoms with Gasteiger partial charge in [-0.3, -0.25) is 0 Å². The molecule has 2 nitrogen and oxygen atoms in total. The molecule has 1 aliphatic rings.